The highest BCUT2D eigenvalue weighted by molar-refractivity contribution is 7.20. The number of thiophene rings is 1. The first-order valence-electron chi connectivity index (χ1n) is 7.17. The van der Waals surface area contributed by atoms with Crippen molar-refractivity contribution in [3.8, 4) is 0 Å². The predicted molar refractivity (Wildman–Crippen MR) is 103 cm³/mol. The van der Waals surface area contributed by atoms with Crippen LogP contribution < -0.4 is 5.56 Å². The van der Waals surface area contributed by atoms with Crippen molar-refractivity contribution in [2.24, 2.45) is 0 Å². The average Bonchev–Trinajstić information content (AvgIpc) is 2.91. The molecule has 0 unspecified atom stereocenters. The van der Waals surface area contributed by atoms with E-state index in [0.29, 0.717) is 26.8 Å². The van der Waals surface area contributed by atoms with Crippen molar-refractivity contribution in [3.05, 3.63) is 74.6 Å². The number of fused-ring (bicyclic) bond motifs is 2. The Balaban J connectivity index is 1.85. The molecule has 1 N–H and O–H groups in total. The van der Waals surface area contributed by atoms with Gasteiger partial charge in [0.2, 0.25) is 0 Å². The van der Waals surface area contributed by atoms with E-state index in [-0.39, 0.29) is 5.56 Å². The highest BCUT2D eigenvalue weighted by Gasteiger charge is 2.11. The minimum absolute atomic E-state index is 0.218. The Bertz CT molecular complexity index is 1160. The van der Waals surface area contributed by atoms with Crippen molar-refractivity contribution in [1.82, 2.24) is 9.97 Å². The number of H-pyrrole nitrogens is 1. The number of rotatable bonds is 2. The molecule has 0 atom stereocenters. The number of nitrogens with one attached hydrogen (secondary N) is 1. The zero-order valence-electron chi connectivity index (χ0n) is 12.2. The maximum Gasteiger partial charge on any atom is 0.259 e. The summed E-state index contributed by atoms with van der Waals surface area (Å²) in [6, 6.07) is 15.0. The monoisotopic (exact) mass is 372 g/mol. The molecule has 0 spiro atoms. The first kappa shape index (κ1) is 15.4. The molecule has 0 aliphatic rings. The molecule has 0 bridgehead atoms. The van der Waals surface area contributed by atoms with Gasteiger partial charge in [0.25, 0.3) is 5.56 Å². The number of nitrogens with zero attached hydrogens (tertiary/aromatic N) is 1. The smallest absolute Gasteiger partial charge is 0.259 e. The van der Waals surface area contributed by atoms with Gasteiger partial charge in [-0.2, -0.15) is 0 Å². The molecule has 118 valence electrons. The molecule has 0 amide bonds. The quantitative estimate of drug-likeness (QED) is 0.502. The number of hydrogen-bond donors (Lipinski definition) is 1. The lowest BCUT2D eigenvalue weighted by Crippen LogP contribution is -2.10. The van der Waals surface area contributed by atoms with Gasteiger partial charge >= 0.3 is 0 Å². The van der Waals surface area contributed by atoms with Crippen LogP contribution >= 0.6 is 34.5 Å². The summed E-state index contributed by atoms with van der Waals surface area (Å²) in [7, 11) is 0. The molecule has 4 rings (SSSR count). The van der Waals surface area contributed by atoms with Crippen LogP contribution in [0, 0.1) is 0 Å². The van der Waals surface area contributed by atoms with Crippen molar-refractivity contribution in [3.63, 3.8) is 0 Å². The number of para-hydroxylation sites is 1. The minimum atomic E-state index is -0.218. The highest BCUT2D eigenvalue weighted by atomic mass is 35.5. The van der Waals surface area contributed by atoms with Crippen molar-refractivity contribution >= 4 is 66.6 Å². The molecule has 0 radical (unpaired) electrons. The Kier molecular flexibility index (Phi) is 3.88. The first-order valence-corrected chi connectivity index (χ1v) is 8.74. The van der Waals surface area contributed by atoms with Crippen molar-refractivity contribution in [1.29, 1.82) is 0 Å². The Hall–Kier alpha value is -2.14. The maximum absolute atomic E-state index is 12.2. The minimum Gasteiger partial charge on any atom is -0.305 e. The molecular weight excluding hydrogens is 363 g/mol. The van der Waals surface area contributed by atoms with Gasteiger partial charge in [0.05, 0.1) is 21.0 Å². The van der Waals surface area contributed by atoms with E-state index in [1.54, 1.807) is 35.6 Å². The Morgan fingerprint density at radius 1 is 1.08 bits per heavy atom. The normalized spacial score (nSPS) is 12.2. The molecule has 24 heavy (non-hydrogen) atoms. The Morgan fingerprint density at radius 2 is 1.79 bits per heavy atom. The van der Waals surface area contributed by atoms with Gasteiger partial charge in [-0.15, -0.1) is 11.3 Å². The van der Waals surface area contributed by atoms with E-state index < -0.39 is 0 Å². The molecule has 2 aromatic heterocycles. The Labute approximate surface area is 151 Å². The zero-order chi connectivity index (χ0) is 16.7. The summed E-state index contributed by atoms with van der Waals surface area (Å²) in [6.07, 6.45) is 1.74. The Morgan fingerprint density at radius 3 is 2.58 bits per heavy atom. The fourth-order valence-electron chi connectivity index (χ4n) is 2.51. The fraction of sp³-hybridized carbons (Fsp3) is 0. The van der Waals surface area contributed by atoms with Gasteiger partial charge in [-0.1, -0.05) is 53.5 Å². The van der Waals surface area contributed by atoms with E-state index in [1.165, 1.54) is 0 Å². The summed E-state index contributed by atoms with van der Waals surface area (Å²) in [6.45, 7) is 0. The second kappa shape index (κ2) is 6.06. The summed E-state index contributed by atoms with van der Waals surface area (Å²) in [4.78, 5) is 20.1. The lowest BCUT2D eigenvalue weighted by molar-refractivity contribution is 1.14. The van der Waals surface area contributed by atoms with Gasteiger partial charge in [-0.25, -0.2) is 4.98 Å². The van der Waals surface area contributed by atoms with Crippen molar-refractivity contribution < 1.29 is 0 Å². The largest absolute Gasteiger partial charge is 0.305 e. The summed E-state index contributed by atoms with van der Waals surface area (Å²) in [5.41, 5.74) is 0.384. The van der Waals surface area contributed by atoms with E-state index in [2.05, 4.69) is 9.97 Å². The molecular formula is C18H10Cl2N2OS. The fourth-order valence-corrected chi connectivity index (χ4v) is 4.20. The van der Waals surface area contributed by atoms with E-state index in [0.717, 1.165) is 15.0 Å². The molecule has 3 nitrogen and oxygen atoms in total. The molecule has 0 fully saturated rings. The molecule has 6 heteroatoms. The molecule has 0 saturated carbocycles. The van der Waals surface area contributed by atoms with Crippen LogP contribution in [0.25, 0.3) is 32.1 Å². The predicted octanol–water partition coefficient (Wildman–Crippen LogP) is 5.53. The van der Waals surface area contributed by atoms with E-state index in [1.807, 2.05) is 30.3 Å². The van der Waals surface area contributed by atoms with Crippen LogP contribution in [0.1, 0.15) is 10.7 Å². The number of benzene rings is 2. The van der Waals surface area contributed by atoms with Crippen molar-refractivity contribution in [2.45, 2.75) is 0 Å². The number of aromatic nitrogens is 2. The number of halogens is 2. The summed E-state index contributed by atoms with van der Waals surface area (Å²) < 4.78 is 1.08. The lowest BCUT2D eigenvalue weighted by atomic mass is 10.2. The van der Waals surface area contributed by atoms with Gasteiger partial charge in [-0.05, 0) is 24.3 Å². The summed E-state index contributed by atoms with van der Waals surface area (Å²) >= 11 is 14.4. The van der Waals surface area contributed by atoms with Crippen LogP contribution in [0.4, 0.5) is 0 Å². The van der Waals surface area contributed by atoms with Crippen LogP contribution in [0.15, 0.2) is 53.3 Å². The summed E-state index contributed by atoms with van der Waals surface area (Å²) in [5, 5.41) is 2.51. The van der Waals surface area contributed by atoms with Crippen LogP contribution in [0.3, 0.4) is 0 Å². The van der Waals surface area contributed by atoms with Gasteiger partial charge in [0.15, 0.2) is 5.82 Å². The van der Waals surface area contributed by atoms with Gasteiger partial charge in [0, 0.05) is 15.0 Å². The molecule has 2 heterocycles. The molecule has 2 aromatic carbocycles. The zero-order valence-corrected chi connectivity index (χ0v) is 14.5. The van der Waals surface area contributed by atoms with Gasteiger partial charge in [-0.3, -0.25) is 4.79 Å². The van der Waals surface area contributed by atoms with Crippen LogP contribution in [-0.4, -0.2) is 9.97 Å². The molecule has 0 aliphatic carbocycles. The SMILES string of the molecule is O=c1[nH]c(/C(Cl)=C/c2sc3ccccc3c2Cl)nc2ccccc12. The summed E-state index contributed by atoms with van der Waals surface area (Å²) in [5.74, 6) is 0.328. The number of hydrogen-bond acceptors (Lipinski definition) is 3. The van der Waals surface area contributed by atoms with E-state index in [4.69, 9.17) is 23.2 Å². The lowest BCUT2D eigenvalue weighted by Gasteiger charge is -2.01. The van der Waals surface area contributed by atoms with Crippen LogP contribution in [-0.2, 0) is 0 Å². The van der Waals surface area contributed by atoms with Gasteiger partial charge in [0.1, 0.15) is 0 Å². The maximum atomic E-state index is 12.2. The highest BCUT2D eigenvalue weighted by Crippen LogP contribution is 2.37. The standard InChI is InChI=1S/C18H10Cl2N2OS/c19-12(9-15-16(20)11-6-2-4-8-14(11)24-15)17-21-13-7-3-1-5-10(13)18(23)22-17/h1-9H,(H,21,22,23)/b12-9-. The topological polar surface area (TPSA) is 45.8 Å². The molecule has 0 saturated heterocycles. The molecule has 4 aromatic rings. The average molecular weight is 373 g/mol. The second-order valence-electron chi connectivity index (χ2n) is 5.20. The third kappa shape index (κ3) is 2.63. The van der Waals surface area contributed by atoms with E-state index in [9.17, 15) is 4.79 Å². The first-order chi connectivity index (χ1) is 11.6. The van der Waals surface area contributed by atoms with Crippen molar-refractivity contribution in [2.75, 3.05) is 0 Å². The van der Waals surface area contributed by atoms with Crippen LogP contribution in [0.5, 0.6) is 0 Å². The van der Waals surface area contributed by atoms with Gasteiger partial charge < -0.3 is 4.98 Å². The third-order valence-electron chi connectivity index (χ3n) is 3.66. The van der Waals surface area contributed by atoms with Crippen LogP contribution in [0.2, 0.25) is 5.02 Å². The van der Waals surface area contributed by atoms with E-state index >= 15 is 0 Å². The number of aromatic amines is 1. The molecule has 0 aliphatic heterocycles. The second-order valence-corrected chi connectivity index (χ2v) is 7.07. The third-order valence-corrected chi connectivity index (χ3v) is 5.58.